The van der Waals surface area contributed by atoms with Gasteiger partial charge in [-0.05, 0) is 18.2 Å². The van der Waals surface area contributed by atoms with Gasteiger partial charge in [0.15, 0.2) is 5.50 Å². The molecule has 1 aromatic rings. The molecule has 82 valence electrons. The van der Waals surface area contributed by atoms with E-state index in [2.05, 4.69) is 5.32 Å². The zero-order chi connectivity index (χ0) is 11.3. The summed E-state index contributed by atoms with van der Waals surface area (Å²) in [4.78, 5) is 13.6. The molecule has 0 bridgehead atoms. The number of fused-ring (bicyclic) bond motifs is 3. The van der Waals surface area contributed by atoms with Crippen LogP contribution in [0.4, 0.5) is 5.69 Å². The minimum atomic E-state index is -0.963. The lowest BCUT2D eigenvalue weighted by Crippen LogP contribution is -2.30. The van der Waals surface area contributed by atoms with E-state index in [0.717, 1.165) is 10.6 Å². The molecular weight excluding hydrogens is 228 g/mol. The first-order chi connectivity index (χ1) is 7.65. The van der Waals surface area contributed by atoms with E-state index in [1.54, 1.807) is 24.4 Å². The van der Waals surface area contributed by atoms with Crippen molar-refractivity contribution in [3.8, 4) is 5.75 Å². The van der Waals surface area contributed by atoms with E-state index in [4.69, 9.17) is 5.11 Å². The summed E-state index contributed by atoms with van der Waals surface area (Å²) in [6.45, 7) is 0. The van der Waals surface area contributed by atoms with Crippen LogP contribution in [0.1, 0.15) is 0 Å². The van der Waals surface area contributed by atoms with Crippen LogP contribution in [0, 0.1) is 0 Å². The Hall–Kier alpha value is -1.82. The molecule has 2 aliphatic heterocycles. The van der Waals surface area contributed by atoms with E-state index in [0.29, 0.717) is 0 Å². The van der Waals surface area contributed by atoms with Gasteiger partial charge in [0, 0.05) is 11.1 Å². The number of carboxylic acids is 1. The Kier molecular flexibility index (Phi) is 1.81. The van der Waals surface area contributed by atoms with Crippen LogP contribution in [0.2, 0.25) is 0 Å². The highest BCUT2D eigenvalue weighted by Gasteiger charge is 2.35. The molecule has 2 heterocycles. The summed E-state index contributed by atoms with van der Waals surface area (Å²) in [6, 6.07) is 5.04. The minimum absolute atomic E-state index is 0.122. The number of phenols is 1. The Balaban J connectivity index is 2.01. The lowest BCUT2D eigenvalue weighted by Gasteiger charge is -2.14. The van der Waals surface area contributed by atoms with Crippen molar-refractivity contribution >= 4 is 23.4 Å². The number of carbonyl (C=O) groups is 1. The summed E-state index contributed by atoms with van der Waals surface area (Å²) in [6.07, 6.45) is 1.57. The summed E-state index contributed by atoms with van der Waals surface area (Å²) >= 11 is 1.48. The molecule has 0 radical (unpaired) electrons. The molecule has 0 saturated heterocycles. The molecule has 0 amide bonds. The minimum Gasteiger partial charge on any atom is -0.508 e. The second-order valence-electron chi connectivity index (χ2n) is 3.52. The fraction of sp³-hybridized carbons (Fsp3) is 0.100. The zero-order valence-electron chi connectivity index (χ0n) is 8.04. The predicted molar refractivity (Wildman–Crippen MR) is 59.1 cm³/mol. The van der Waals surface area contributed by atoms with Gasteiger partial charge in [-0.25, -0.2) is 4.79 Å². The second-order valence-corrected chi connectivity index (χ2v) is 4.64. The standard InChI is InChI=1S/C10H8N2O3S/c13-5-1-2-7-8(3-5)16-10-11-6(9(14)15)4-12(7)10/h1-4,10-11,13H,(H,14,15). The number of nitrogens with zero attached hydrogens (tertiary/aromatic N) is 1. The molecule has 1 unspecified atom stereocenters. The van der Waals surface area contributed by atoms with E-state index < -0.39 is 5.97 Å². The van der Waals surface area contributed by atoms with Crippen LogP contribution in [-0.2, 0) is 4.79 Å². The van der Waals surface area contributed by atoms with Crippen molar-refractivity contribution in [3.63, 3.8) is 0 Å². The van der Waals surface area contributed by atoms with Gasteiger partial charge in [0.1, 0.15) is 11.4 Å². The number of thioether (sulfide) groups is 1. The average molecular weight is 236 g/mol. The third kappa shape index (κ3) is 1.23. The SMILES string of the molecule is O=C(O)C1=CN2c3ccc(O)cc3SC2N1. The molecular formula is C10H8N2O3S. The van der Waals surface area contributed by atoms with Crippen molar-refractivity contribution in [2.45, 2.75) is 10.4 Å². The number of hydrogen-bond acceptors (Lipinski definition) is 5. The fourth-order valence-electron chi connectivity index (χ4n) is 1.78. The van der Waals surface area contributed by atoms with Crippen molar-refractivity contribution in [2.75, 3.05) is 4.90 Å². The normalized spacial score (nSPS) is 21.1. The zero-order valence-corrected chi connectivity index (χ0v) is 8.86. The van der Waals surface area contributed by atoms with E-state index >= 15 is 0 Å². The maximum absolute atomic E-state index is 10.8. The van der Waals surface area contributed by atoms with Gasteiger partial charge in [0.25, 0.3) is 0 Å². The molecule has 1 aromatic carbocycles. The second kappa shape index (κ2) is 3.08. The van der Waals surface area contributed by atoms with Crippen LogP contribution in [0.5, 0.6) is 5.75 Å². The lowest BCUT2D eigenvalue weighted by atomic mass is 10.3. The molecule has 0 fully saturated rings. The number of hydrogen-bond donors (Lipinski definition) is 3. The average Bonchev–Trinajstić information content (AvgIpc) is 2.73. The molecule has 0 saturated carbocycles. The predicted octanol–water partition coefficient (Wildman–Crippen LogP) is 1.12. The maximum atomic E-state index is 10.8. The van der Waals surface area contributed by atoms with E-state index in [-0.39, 0.29) is 16.9 Å². The summed E-state index contributed by atoms with van der Waals surface area (Å²) < 4.78 is 0. The third-order valence-electron chi connectivity index (χ3n) is 2.49. The van der Waals surface area contributed by atoms with E-state index in [1.807, 2.05) is 4.90 Å². The molecule has 1 atom stereocenters. The number of nitrogens with one attached hydrogen (secondary N) is 1. The van der Waals surface area contributed by atoms with Crippen molar-refractivity contribution < 1.29 is 15.0 Å². The van der Waals surface area contributed by atoms with Crippen molar-refractivity contribution in [1.29, 1.82) is 0 Å². The summed E-state index contributed by atoms with van der Waals surface area (Å²) in [7, 11) is 0. The van der Waals surface area contributed by atoms with Crippen molar-refractivity contribution in [1.82, 2.24) is 5.32 Å². The van der Waals surface area contributed by atoms with Gasteiger partial charge in [-0.15, -0.1) is 0 Å². The van der Waals surface area contributed by atoms with Crippen LogP contribution >= 0.6 is 11.8 Å². The van der Waals surface area contributed by atoms with Crippen LogP contribution in [-0.4, -0.2) is 21.7 Å². The highest BCUT2D eigenvalue weighted by Crippen LogP contribution is 2.46. The Bertz CT molecular complexity index is 515. The largest absolute Gasteiger partial charge is 0.508 e. The molecule has 16 heavy (non-hydrogen) atoms. The summed E-state index contributed by atoms with van der Waals surface area (Å²) in [5, 5.41) is 21.1. The number of carboxylic acid groups (broad SMARTS) is 1. The first-order valence-corrected chi connectivity index (χ1v) is 5.53. The van der Waals surface area contributed by atoms with Crippen LogP contribution in [0.15, 0.2) is 35.0 Å². The molecule has 2 aliphatic rings. The number of rotatable bonds is 1. The Morgan fingerprint density at radius 2 is 2.31 bits per heavy atom. The van der Waals surface area contributed by atoms with Crippen molar-refractivity contribution in [2.24, 2.45) is 0 Å². The highest BCUT2D eigenvalue weighted by atomic mass is 32.2. The highest BCUT2D eigenvalue weighted by molar-refractivity contribution is 8.00. The lowest BCUT2D eigenvalue weighted by molar-refractivity contribution is -0.133. The molecule has 3 rings (SSSR count). The van der Waals surface area contributed by atoms with Crippen molar-refractivity contribution in [3.05, 3.63) is 30.1 Å². The monoisotopic (exact) mass is 236 g/mol. The number of benzene rings is 1. The van der Waals surface area contributed by atoms with Crippen LogP contribution in [0.25, 0.3) is 0 Å². The van der Waals surface area contributed by atoms with Gasteiger partial charge in [-0.3, -0.25) is 0 Å². The Morgan fingerprint density at radius 1 is 1.50 bits per heavy atom. The molecule has 3 N–H and O–H groups in total. The first-order valence-electron chi connectivity index (χ1n) is 4.65. The number of anilines is 1. The fourth-order valence-corrected chi connectivity index (χ4v) is 2.97. The van der Waals surface area contributed by atoms with Gasteiger partial charge in [0.2, 0.25) is 0 Å². The molecule has 0 aromatic heterocycles. The third-order valence-corrected chi connectivity index (χ3v) is 3.64. The van der Waals surface area contributed by atoms with Gasteiger partial charge >= 0.3 is 5.97 Å². The molecule has 0 spiro atoms. The summed E-state index contributed by atoms with van der Waals surface area (Å²) in [5.74, 6) is -0.745. The van der Waals surface area contributed by atoms with Gasteiger partial charge in [0.05, 0.1) is 5.69 Å². The Labute approximate surface area is 95.4 Å². The number of phenolic OH excluding ortho intramolecular Hbond substituents is 1. The number of aliphatic carboxylic acids is 1. The molecule has 5 nitrogen and oxygen atoms in total. The quantitative estimate of drug-likeness (QED) is 0.678. The van der Waals surface area contributed by atoms with Gasteiger partial charge in [-0.1, -0.05) is 11.8 Å². The van der Waals surface area contributed by atoms with Crippen LogP contribution in [0.3, 0.4) is 0 Å². The Morgan fingerprint density at radius 3 is 3.06 bits per heavy atom. The maximum Gasteiger partial charge on any atom is 0.353 e. The van der Waals surface area contributed by atoms with E-state index in [1.165, 1.54) is 11.8 Å². The van der Waals surface area contributed by atoms with E-state index in [9.17, 15) is 9.90 Å². The van der Waals surface area contributed by atoms with Gasteiger partial charge < -0.3 is 20.4 Å². The topological polar surface area (TPSA) is 72.8 Å². The number of aromatic hydroxyl groups is 1. The first kappa shape index (κ1) is 9.41. The van der Waals surface area contributed by atoms with Gasteiger partial charge in [-0.2, -0.15) is 0 Å². The molecule has 6 heteroatoms. The summed E-state index contributed by atoms with van der Waals surface area (Å²) in [5.41, 5.74) is 0.982. The smallest absolute Gasteiger partial charge is 0.353 e. The molecule has 0 aliphatic carbocycles. The van der Waals surface area contributed by atoms with Crippen LogP contribution < -0.4 is 10.2 Å².